The zero-order valence-electron chi connectivity index (χ0n) is 11.9. The van der Waals surface area contributed by atoms with Crippen molar-refractivity contribution in [3.05, 3.63) is 48.2 Å². The molecule has 3 aromatic rings. The Morgan fingerprint density at radius 3 is 3.09 bits per heavy atom. The molecule has 0 fully saturated rings. The van der Waals surface area contributed by atoms with Crippen LogP contribution >= 0.6 is 0 Å². The van der Waals surface area contributed by atoms with Gasteiger partial charge in [0.25, 0.3) is 5.91 Å². The van der Waals surface area contributed by atoms with Gasteiger partial charge >= 0.3 is 0 Å². The fourth-order valence-corrected chi connectivity index (χ4v) is 2.67. The summed E-state index contributed by atoms with van der Waals surface area (Å²) in [4.78, 5) is 27.4. The number of fused-ring (bicyclic) bond motifs is 2. The number of carbonyl (C=O) groups is 1. The van der Waals surface area contributed by atoms with Crippen molar-refractivity contribution in [2.75, 3.05) is 6.61 Å². The first-order valence-corrected chi connectivity index (χ1v) is 7.09. The summed E-state index contributed by atoms with van der Waals surface area (Å²) in [6, 6.07) is 6.72. The second-order valence-corrected chi connectivity index (χ2v) is 5.19. The molecule has 8 heteroatoms. The Kier molecular flexibility index (Phi) is 3.16. The van der Waals surface area contributed by atoms with Crippen LogP contribution in [0.25, 0.3) is 11.2 Å². The maximum atomic E-state index is 12.6. The third-order valence-corrected chi connectivity index (χ3v) is 3.77. The molecule has 3 N–H and O–H groups in total. The number of amides is 1. The van der Waals surface area contributed by atoms with Crippen molar-refractivity contribution in [2.45, 2.75) is 12.1 Å². The molecule has 1 amide bonds. The first-order chi connectivity index (χ1) is 11.2. The van der Waals surface area contributed by atoms with Crippen LogP contribution in [0.2, 0.25) is 0 Å². The van der Waals surface area contributed by atoms with Crippen LogP contribution in [-0.2, 0) is 0 Å². The van der Waals surface area contributed by atoms with E-state index in [1.807, 2.05) is 18.2 Å². The highest BCUT2D eigenvalue weighted by Crippen LogP contribution is 2.32. The molecule has 4 rings (SSSR count). The SMILES string of the molecule is O=C(N[C@@H]1c2ccccc2OC[C@H]1O)c1ncnc2nc[nH]c12. The van der Waals surface area contributed by atoms with Crippen LogP contribution in [0, 0.1) is 0 Å². The molecule has 0 saturated heterocycles. The molecular formula is C15H13N5O3. The summed E-state index contributed by atoms with van der Waals surface area (Å²) in [5, 5.41) is 13.0. The molecule has 2 aromatic heterocycles. The van der Waals surface area contributed by atoms with E-state index in [-0.39, 0.29) is 12.3 Å². The molecule has 23 heavy (non-hydrogen) atoms. The second-order valence-electron chi connectivity index (χ2n) is 5.19. The van der Waals surface area contributed by atoms with Gasteiger partial charge in [-0.05, 0) is 6.07 Å². The Morgan fingerprint density at radius 2 is 2.17 bits per heavy atom. The lowest BCUT2D eigenvalue weighted by Crippen LogP contribution is -2.42. The summed E-state index contributed by atoms with van der Waals surface area (Å²) >= 11 is 0. The monoisotopic (exact) mass is 311 g/mol. The number of aromatic amines is 1. The van der Waals surface area contributed by atoms with E-state index in [2.05, 4.69) is 25.3 Å². The van der Waals surface area contributed by atoms with Crippen LogP contribution in [-0.4, -0.2) is 43.7 Å². The number of aliphatic hydroxyl groups is 1. The van der Waals surface area contributed by atoms with E-state index in [0.29, 0.717) is 16.9 Å². The zero-order valence-corrected chi connectivity index (χ0v) is 11.9. The number of rotatable bonds is 2. The summed E-state index contributed by atoms with van der Waals surface area (Å²) in [5.41, 5.74) is 1.79. The lowest BCUT2D eigenvalue weighted by Gasteiger charge is -2.30. The molecule has 0 saturated carbocycles. The Hall–Kier alpha value is -3.00. The van der Waals surface area contributed by atoms with E-state index in [1.54, 1.807) is 6.07 Å². The molecule has 1 aliphatic rings. The van der Waals surface area contributed by atoms with Crippen molar-refractivity contribution in [1.82, 2.24) is 25.3 Å². The smallest absolute Gasteiger partial charge is 0.272 e. The van der Waals surface area contributed by atoms with Crippen LogP contribution < -0.4 is 10.1 Å². The Balaban J connectivity index is 1.68. The third-order valence-electron chi connectivity index (χ3n) is 3.77. The van der Waals surface area contributed by atoms with Crippen molar-refractivity contribution < 1.29 is 14.6 Å². The van der Waals surface area contributed by atoms with Crippen LogP contribution in [0.3, 0.4) is 0 Å². The van der Waals surface area contributed by atoms with Crippen molar-refractivity contribution in [3.8, 4) is 5.75 Å². The molecule has 0 radical (unpaired) electrons. The van der Waals surface area contributed by atoms with Crippen LogP contribution in [0.15, 0.2) is 36.9 Å². The van der Waals surface area contributed by atoms with Gasteiger partial charge in [-0.1, -0.05) is 18.2 Å². The number of H-pyrrole nitrogens is 1. The summed E-state index contributed by atoms with van der Waals surface area (Å²) in [7, 11) is 0. The summed E-state index contributed by atoms with van der Waals surface area (Å²) in [6.45, 7) is 0.116. The zero-order chi connectivity index (χ0) is 15.8. The number of aliphatic hydroxyl groups excluding tert-OH is 1. The van der Waals surface area contributed by atoms with Gasteiger partial charge in [-0.3, -0.25) is 4.79 Å². The van der Waals surface area contributed by atoms with E-state index < -0.39 is 18.1 Å². The highest BCUT2D eigenvalue weighted by Gasteiger charge is 2.31. The molecule has 1 aromatic carbocycles. The molecular weight excluding hydrogens is 298 g/mol. The van der Waals surface area contributed by atoms with Crippen LogP contribution in [0.4, 0.5) is 0 Å². The van der Waals surface area contributed by atoms with E-state index in [4.69, 9.17) is 4.74 Å². The van der Waals surface area contributed by atoms with Gasteiger partial charge in [0.1, 0.15) is 30.3 Å². The number of para-hydroxylation sites is 1. The first-order valence-electron chi connectivity index (χ1n) is 7.09. The van der Waals surface area contributed by atoms with Gasteiger partial charge in [-0.25, -0.2) is 15.0 Å². The molecule has 3 heterocycles. The fourth-order valence-electron chi connectivity index (χ4n) is 2.67. The quantitative estimate of drug-likeness (QED) is 0.638. The predicted octanol–water partition coefficient (Wildman–Crippen LogP) is 0.577. The minimum atomic E-state index is -0.840. The summed E-state index contributed by atoms with van der Waals surface area (Å²) < 4.78 is 5.47. The van der Waals surface area contributed by atoms with Crippen molar-refractivity contribution in [1.29, 1.82) is 0 Å². The Labute approximate surface area is 130 Å². The number of hydrogen-bond donors (Lipinski definition) is 3. The molecule has 116 valence electrons. The molecule has 2 atom stereocenters. The molecule has 0 bridgehead atoms. The molecule has 0 spiro atoms. The van der Waals surface area contributed by atoms with Crippen LogP contribution in [0.1, 0.15) is 22.1 Å². The number of aromatic nitrogens is 4. The van der Waals surface area contributed by atoms with Gasteiger partial charge in [0.05, 0.1) is 12.4 Å². The molecule has 8 nitrogen and oxygen atoms in total. The lowest BCUT2D eigenvalue weighted by atomic mass is 9.98. The number of benzene rings is 1. The van der Waals surface area contributed by atoms with Gasteiger partial charge < -0.3 is 20.1 Å². The maximum Gasteiger partial charge on any atom is 0.272 e. The number of hydrogen-bond acceptors (Lipinski definition) is 6. The number of ether oxygens (including phenoxy) is 1. The third kappa shape index (κ3) is 2.29. The highest BCUT2D eigenvalue weighted by molar-refractivity contribution is 6.02. The largest absolute Gasteiger partial charge is 0.490 e. The van der Waals surface area contributed by atoms with Gasteiger partial charge in [-0.15, -0.1) is 0 Å². The normalized spacial score (nSPS) is 19.9. The molecule has 1 aliphatic heterocycles. The summed E-state index contributed by atoms with van der Waals surface area (Å²) in [5.74, 6) is 0.236. The van der Waals surface area contributed by atoms with Crippen molar-refractivity contribution >= 4 is 17.1 Å². The number of nitrogens with one attached hydrogen (secondary N) is 2. The van der Waals surface area contributed by atoms with E-state index in [1.165, 1.54) is 12.7 Å². The van der Waals surface area contributed by atoms with Gasteiger partial charge in [-0.2, -0.15) is 0 Å². The van der Waals surface area contributed by atoms with Crippen molar-refractivity contribution in [3.63, 3.8) is 0 Å². The van der Waals surface area contributed by atoms with E-state index in [0.717, 1.165) is 5.56 Å². The molecule has 0 unspecified atom stereocenters. The highest BCUT2D eigenvalue weighted by atomic mass is 16.5. The first kappa shape index (κ1) is 13.6. The predicted molar refractivity (Wildman–Crippen MR) is 79.8 cm³/mol. The number of carbonyl (C=O) groups excluding carboxylic acids is 1. The average Bonchev–Trinajstić information content (AvgIpc) is 3.06. The van der Waals surface area contributed by atoms with Gasteiger partial charge in [0.2, 0.25) is 0 Å². The second kappa shape index (κ2) is 5.33. The number of imidazole rings is 1. The maximum absolute atomic E-state index is 12.6. The standard InChI is InChI=1S/C15H13N5O3/c21-9-5-23-10-4-2-1-3-8(10)11(9)20-15(22)13-12-14(18-6-16-12)19-7-17-13/h1-4,6-7,9,11,21H,5H2,(H,20,22)(H,16,17,18,19)/t9-,11-/m1/s1. The fraction of sp³-hybridized carbons (Fsp3) is 0.200. The Bertz CT molecular complexity index is 878. The topological polar surface area (TPSA) is 113 Å². The lowest BCUT2D eigenvalue weighted by molar-refractivity contribution is 0.0501. The minimum Gasteiger partial charge on any atom is -0.490 e. The van der Waals surface area contributed by atoms with Gasteiger partial charge in [0.15, 0.2) is 11.3 Å². The summed E-state index contributed by atoms with van der Waals surface area (Å²) in [6.07, 6.45) is 1.90. The van der Waals surface area contributed by atoms with E-state index in [9.17, 15) is 9.90 Å². The van der Waals surface area contributed by atoms with Crippen LogP contribution in [0.5, 0.6) is 5.75 Å². The van der Waals surface area contributed by atoms with Gasteiger partial charge in [0, 0.05) is 5.56 Å². The van der Waals surface area contributed by atoms with Crippen molar-refractivity contribution in [2.24, 2.45) is 0 Å². The van der Waals surface area contributed by atoms with E-state index >= 15 is 0 Å². The number of nitrogens with zero attached hydrogens (tertiary/aromatic N) is 3. The Morgan fingerprint density at radius 1 is 1.30 bits per heavy atom. The molecule has 0 aliphatic carbocycles. The minimum absolute atomic E-state index is 0.116. The average molecular weight is 311 g/mol.